The standard InChI is InChI=1S/C6H12ClNO4/c7-6-3(8)5(11)4(10)2(1-9)12-6/h2-6,9-11H,1,8H2/t2-,3-,4+,5-,6?/m1/s1. The van der Waals surface area contributed by atoms with Gasteiger partial charge in [0, 0.05) is 0 Å². The molecule has 1 saturated heterocycles. The lowest BCUT2D eigenvalue weighted by atomic mass is 9.99. The highest BCUT2D eigenvalue weighted by Gasteiger charge is 2.41. The molecule has 0 aromatic carbocycles. The molecule has 0 amide bonds. The fourth-order valence-corrected chi connectivity index (χ4v) is 1.37. The van der Waals surface area contributed by atoms with E-state index >= 15 is 0 Å². The number of ether oxygens (including phenoxy) is 1. The van der Waals surface area contributed by atoms with Crippen LogP contribution >= 0.6 is 11.6 Å². The van der Waals surface area contributed by atoms with Gasteiger partial charge < -0.3 is 25.8 Å². The zero-order valence-electron chi connectivity index (χ0n) is 6.30. The second kappa shape index (κ2) is 3.87. The lowest BCUT2D eigenvalue weighted by Gasteiger charge is -2.38. The van der Waals surface area contributed by atoms with Gasteiger partial charge in [-0.1, -0.05) is 11.6 Å². The van der Waals surface area contributed by atoms with E-state index in [0.717, 1.165) is 0 Å². The van der Waals surface area contributed by atoms with Crippen molar-refractivity contribution in [2.75, 3.05) is 6.61 Å². The van der Waals surface area contributed by atoms with Crippen molar-refractivity contribution >= 4 is 11.6 Å². The molecule has 5 N–H and O–H groups in total. The van der Waals surface area contributed by atoms with Crippen LogP contribution in [-0.4, -0.2) is 51.8 Å². The van der Waals surface area contributed by atoms with Crippen LogP contribution in [0.25, 0.3) is 0 Å². The van der Waals surface area contributed by atoms with Crippen molar-refractivity contribution in [3.63, 3.8) is 0 Å². The van der Waals surface area contributed by atoms with Crippen LogP contribution in [0, 0.1) is 0 Å². The van der Waals surface area contributed by atoms with Gasteiger partial charge in [0.2, 0.25) is 0 Å². The molecule has 1 rings (SSSR count). The number of hydrogen-bond donors (Lipinski definition) is 4. The molecule has 0 aromatic rings. The third kappa shape index (κ3) is 1.71. The van der Waals surface area contributed by atoms with Crippen molar-refractivity contribution in [3.8, 4) is 0 Å². The van der Waals surface area contributed by atoms with Crippen LogP contribution in [-0.2, 0) is 4.74 Å². The minimum atomic E-state index is -1.18. The highest BCUT2D eigenvalue weighted by Crippen LogP contribution is 2.21. The Morgan fingerprint density at radius 3 is 2.42 bits per heavy atom. The Labute approximate surface area is 74.7 Å². The first-order valence-corrected chi connectivity index (χ1v) is 4.03. The van der Waals surface area contributed by atoms with Gasteiger partial charge in [-0.2, -0.15) is 0 Å². The summed E-state index contributed by atoms with van der Waals surface area (Å²) in [6.45, 7) is -0.395. The molecule has 12 heavy (non-hydrogen) atoms. The molecule has 0 saturated carbocycles. The Kier molecular flexibility index (Phi) is 3.28. The van der Waals surface area contributed by atoms with Crippen LogP contribution in [0.15, 0.2) is 0 Å². The van der Waals surface area contributed by atoms with Gasteiger partial charge in [-0.25, -0.2) is 0 Å². The van der Waals surface area contributed by atoms with Crippen LogP contribution in [0.4, 0.5) is 0 Å². The van der Waals surface area contributed by atoms with Crippen LogP contribution in [0.5, 0.6) is 0 Å². The molecule has 1 aliphatic heterocycles. The van der Waals surface area contributed by atoms with Crippen LogP contribution < -0.4 is 5.73 Å². The second-order valence-corrected chi connectivity index (χ2v) is 3.20. The molecule has 1 aliphatic rings. The van der Waals surface area contributed by atoms with E-state index in [-0.39, 0.29) is 0 Å². The van der Waals surface area contributed by atoms with Gasteiger partial charge in [-0.3, -0.25) is 0 Å². The van der Waals surface area contributed by atoms with Crippen molar-refractivity contribution in [1.29, 1.82) is 0 Å². The van der Waals surface area contributed by atoms with Crippen molar-refractivity contribution in [2.45, 2.75) is 29.9 Å². The molecule has 1 heterocycles. The highest BCUT2D eigenvalue weighted by atomic mass is 35.5. The molecule has 5 atom stereocenters. The lowest BCUT2D eigenvalue weighted by Crippen LogP contribution is -2.60. The molecule has 6 heteroatoms. The van der Waals surface area contributed by atoms with Crippen molar-refractivity contribution in [1.82, 2.24) is 0 Å². The normalized spacial score (nSPS) is 49.2. The summed E-state index contributed by atoms with van der Waals surface area (Å²) < 4.78 is 4.91. The number of aliphatic hydroxyl groups excluding tert-OH is 3. The number of aliphatic hydroxyl groups is 3. The Bertz CT molecular complexity index is 154. The van der Waals surface area contributed by atoms with Crippen molar-refractivity contribution in [3.05, 3.63) is 0 Å². The Morgan fingerprint density at radius 1 is 1.33 bits per heavy atom. The average molecular weight is 198 g/mol. The first-order valence-electron chi connectivity index (χ1n) is 3.60. The smallest absolute Gasteiger partial charge is 0.149 e. The van der Waals surface area contributed by atoms with Gasteiger partial charge in [0.05, 0.1) is 12.6 Å². The van der Waals surface area contributed by atoms with Gasteiger partial charge in [-0.15, -0.1) is 0 Å². The number of alkyl halides is 1. The maximum absolute atomic E-state index is 9.27. The summed E-state index contributed by atoms with van der Waals surface area (Å²) >= 11 is 5.57. The second-order valence-electron chi connectivity index (χ2n) is 2.77. The van der Waals surface area contributed by atoms with Crippen molar-refractivity contribution in [2.24, 2.45) is 5.73 Å². The molecule has 1 unspecified atom stereocenters. The maximum atomic E-state index is 9.27. The molecule has 0 aromatic heterocycles. The SMILES string of the molecule is N[C@H]1C(Cl)O[C@H](CO)[C@H](O)[C@@H]1O. The molecule has 0 bridgehead atoms. The van der Waals surface area contributed by atoms with Gasteiger partial charge >= 0.3 is 0 Å². The predicted octanol–water partition coefficient (Wildman–Crippen LogP) is -2.01. The van der Waals surface area contributed by atoms with Crippen LogP contribution in [0.1, 0.15) is 0 Å². The summed E-state index contributed by atoms with van der Waals surface area (Å²) in [5.74, 6) is 0. The van der Waals surface area contributed by atoms with E-state index in [2.05, 4.69) is 0 Å². The third-order valence-corrected chi connectivity index (χ3v) is 2.31. The summed E-state index contributed by atoms with van der Waals surface area (Å²) in [7, 11) is 0. The van der Waals surface area contributed by atoms with Gasteiger partial charge in [0.1, 0.15) is 23.9 Å². The Hall–Kier alpha value is 0.0900. The zero-order valence-corrected chi connectivity index (χ0v) is 7.05. The Balaban J connectivity index is 2.63. The minimum absolute atomic E-state index is 0.395. The molecular weight excluding hydrogens is 186 g/mol. The van der Waals surface area contributed by atoms with Gasteiger partial charge in [-0.05, 0) is 0 Å². The first-order chi connectivity index (χ1) is 5.57. The molecule has 0 aliphatic carbocycles. The zero-order chi connectivity index (χ0) is 9.30. The Morgan fingerprint density at radius 2 is 1.92 bits per heavy atom. The molecule has 72 valence electrons. The fourth-order valence-electron chi connectivity index (χ4n) is 1.09. The minimum Gasteiger partial charge on any atom is -0.394 e. The average Bonchev–Trinajstić information content (AvgIpc) is 2.08. The predicted molar refractivity (Wildman–Crippen MR) is 41.6 cm³/mol. The van der Waals surface area contributed by atoms with Crippen molar-refractivity contribution < 1.29 is 20.1 Å². The van der Waals surface area contributed by atoms with Gasteiger partial charge in [0.25, 0.3) is 0 Å². The molecule has 5 nitrogen and oxygen atoms in total. The topological polar surface area (TPSA) is 95.9 Å². The summed E-state index contributed by atoms with van der Waals surface area (Å²) in [5.41, 5.74) is 4.51. The van der Waals surface area contributed by atoms with Gasteiger partial charge in [0.15, 0.2) is 0 Å². The number of hydrogen-bond acceptors (Lipinski definition) is 5. The van der Waals surface area contributed by atoms with E-state index < -0.39 is 36.5 Å². The monoisotopic (exact) mass is 197 g/mol. The highest BCUT2D eigenvalue weighted by molar-refractivity contribution is 6.20. The summed E-state index contributed by atoms with van der Waals surface area (Å²) in [5, 5.41) is 27.2. The van der Waals surface area contributed by atoms with E-state index in [9.17, 15) is 10.2 Å². The van der Waals surface area contributed by atoms with Crippen LogP contribution in [0.3, 0.4) is 0 Å². The third-order valence-electron chi connectivity index (χ3n) is 1.91. The number of nitrogens with two attached hydrogens (primary N) is 1. The fraction of sp³-hybridized carbons (Fsp3) is 1.00. The van der Waals surface area contributed by atoms with Crippen LogP contribution in [0.2, 0.25) is 0 Å². The van der Waals surface area contributed by atoms with E-state index in [1.807, 2.05) is 0 Å². The number of halogens is 1. The molecule has 0 spiro atoms. The van der Waals surface area contributed by atoms with E-state index in [4.69, 9.17) is 27.2 Å². The summed E-state index contributed by atoms with van der Waals surface area (Å²) in [6, 6.07) is -0.829. The van der Waals surface area contributed by atoms with E-state index in [1.165, 1.54) is 0 Å². The maximum Gasteiger partial charge on any atom is 0.149 e. The van der Waals surface area contributed by atoms with E-state index in [0.29, 0.717) is 0 Å². The quantitative estimate of drug-likeness (QED) is 0.365. The molecule has 1 fully saturated rings. The lowest BCUT2D eigenvalue weighted by molar-refractivity contribution is -0.167. The number of rotatable bonds is 1. The largest absolute Gasteiger partial charge is 0.394 e. The molecule has 0 radical (unpaired) electrons. The first kappa shape index (κ1) is 10.2. The van der Waals surface area contributed by atoms with E-state index in [1.54, 1.807) is 0 Å². The molecular formula is C6H12ClNO4. The summed E-state index contributed by atoms with van der Waals surface area (Å²) in [4.78, 5) is 0. The summed E-state index contributed by atoms with van der Waals surface area (Å²) in [6.07, 6.45) is -3.19.